The van der Waals surface area contributed by atoms with Crippen LogP contribution in [-0.2, 0) is 7.05 Å². The van der Waals surface area contributed by atoms with E-state index in [1.807, 2.05) is 12.1 Å². The van der Waals surface area contributed by atoms with Crippen molar-refractivity contribution in [2.45, 2.75) is 6.92 Å². The first kappa shape index (κ1) is 10.7. The fourth-order valence-electron chi connectivity index (χ4n) is 1.93. The molecule has 3 rings (SSSR count). The number of fused-ring (bicyclic) bond motifs is 1. The Kier molecular flexibility index (Phi) is 2.26. The van der Waals surface area contributed by atoms with Crippen LogP contribution >= 0.6 is 0 Å². The van der Waals surface area contributed by atoms with Gasteiger partial charge in [-0.05, 0) is 19.1 Å². The van der Waals surface area contributed by atoms with Gasteiger partial charge in [-0.15, -0.1) is 0 Å². The Hall–Kier alpha value is -2.43. The number of hydrogen-bond acceptors (Lipinski definition) is 4. The van der Waals surface area contributed by atoms with Gasteiger partial charge in [0.25, 0.3) is 0 Å². The second-order valence-corrected chi connectivity index (χ2v) is 4.10. The van der Waals surface area contributed by atoms with Crippen LogP contribution in [0.4, 0.5) is 0 Å². The smallest absolute Gasteiger partial charge is 0.196 e. The Labute approximate surface area is 103 Å². The van der Waals surface area contributed by atoms with Gasteiger partial charge in [0.05, 0.1) is 11.6 Å². The first-order chi connectivity index (χ1) is 8.66. The van der Waals surface area contributed by atoms with Crippen molar-refractivity contribution in [3.05, 3.63) is 46.2 Å². The molecule has 0 unspecified atom stereocenters. The first-order valence-corrected chi connectivity index (χ1v) is 5.56. The van der Waals surface area contributed by atoms with Gasteiger partial charge in [-0.1, -0.05) is 12.1 Å². The van der Waals surface area contributed by atoms with Crippen LogP contribution in [0.2, 0.25) is 0 Å². The van der Waals surface area contributed by atoms with E-state index in [0.717, 1.165) is 0 Å². The summed E-state index contributed by atoms with van der Waals surface area (Å²) in [5, 5.41) is 8.74. The highest BCUT2D eigenvalue weighted by atomic mass is 16.3. The van der Waals surface area contributed by atoms with Gasteiger partial charge in [0.2, 0.25) is 0 Å². The Morgan fingerprint density at radius 3 is 2.78 bits per heavy atom. The van der Waals surface area contributed by atoms with E-state index in [1.165, 1.54) is 4.80 Å². The molecule has 2 heterocycles. The molecular weight excluding hydrogens is 230 g/mol. The third kappa shape index (κ3) is 1.52. The van der Waals surface area contributed by atoms with Crippen LogP contribution in [0.1, 0.15) is 5.56 Å². The molecule has 1 aromatic carbocycles. The highest BCUT2D eigenvalue weighted by molar-refractivity contribution is 5.79. The summed E-state index contributed by atoms with van der Waals surface area (Å²) in [6.45, 7) is 1.74. The summed E-state index contributed by atoms with van der Waals surface area (Å²) in [4.78, 5) is 13.6. The van der Waals surface area contributed by atoms with Crippen LogP contribution in [0, 0.1) is 6.92 Å². The van der Waals surface area contributed by atoms with Crippen LogP contribution in [-0.4, -0.2) is 15.0 Å². The molecule has 5 heteroatoms. The van der Waals surface area contributed by atoms with Crippen molar-refractivity contribution in [3.8, 4) is 11.5 Å². The average molecular weight is 241 g/mol. The van der Waals surface area contributed by atoms with Crippen molar-refractivity contribution in [3.63, 3.8) is 0 Å². The van der Waals surface area contributed by atoms with E-state index in [0.29, 0.717) is 28.0 Å². The van der Waals surface area contributed by atoms with E-state index in [4.69, 9.17) is 4.42 Å². The van der Waals surface area contributed by atoms with Crippen molar-refractivity contribution in [1.29, 1.82) is 0 Å². The number of hydrogen-bond donors (Lipinski definition) is 0. The van der Waals surface area contributed by atoms with E-state index in [2.05, 4.69) is 10.2 Å². The zero-order chi connectivity index (χ0) is 12.7. The average Bonchev–Trinajstić information content (AvgIpc) is 2.80. The predicted octanol–water partition coefficient (Wildman–Crippen LogP) is 1.90. The van der Waals surface area contributed by atoms with E-state index in [1.54, 1.807) is 32.3 Å². The summed E-state index contributed by atoms with van der Waals surface area (Å²) >= 11 is 0. The molecule has 0 amide bonds. The molecular formula is C13H11N3O2. The highest BCUT2D eigenvalue weighted by Gasteiger charge is 2.14. The molecule has 2 aromatic heterocycles. The quantitative estimate of drug-likeness (QED) is 0.652. The van der Waals surface area contributed by atoms with Crippen LogP contribution in [0.15, 0.2) is 39.7 Å². The van der Waals surface area contributed by atoms with Gasteiger partial charge in [-0.3, -0.25) is 4.79 Å². The molecule has 0 saturated heterocycles. The lowest BCUT2D eigenvalue weighted by Gasteiger charge is -2.03. The third-order valence-corrected chi connectivity index (χ3v) is 2.86. The van der Waals surface area contributed by atoms with Gasteiger partial charge < -0.3 is 4.42 Å². The molecule has 0 aliphatic carbocycles. The van der Waals surface area contributed by atoms with E-state index in [-0.39, 0.29) is 5.43 Å². The molecule has 3 aromatic rings. The summed E-state index contributed by atoms with van der Waals surface area (Å²) < 4.78 is 5.76. The number of rotatable bonds is 1. The van der Waals surface area contributed by atoms with Gasteiger partial charge in [-0.25, -0.2) is 0 Å². The Morgan fingerprint density at radius 2 is 2.06 bits per heavy atom. The lowest BCUT2D eigenvalue weighted by Crippen LogP contribution is -2.07. The molecule has 0 aliphatic rings. The standard InChI is InChI=1S/C13H11N3O2/c1-8-12(17)9-5-3-4-6-11(9)18-13(8)10-7-14-16(2)15-10/h3-7H,1-2H3. The van der Waals surface area contributed by atoms with Gasteiger partial charge >= 0.3 is 0 Å². The minimum Gasteiger partial charge on any atom is -0.454 e. The van der Waals surface area contributed by atoms with Crippen molar-refractivity contribution >= 4 is 11.0 Å². The summed E-state index contributed by atoms with van der Waals surface area (Å²) in [6.07, 6.45) is 1.58. The zero-order valence-corrected chi connectivity index (χ0v) is 10.0. The molecule has 0 radical (unpaired) electrons. The molecule has 0 aliphatic heterocycles. The van der Waals surface area contributed by atoms with Gasteiger partial charge in [0.1, 0.15) is 11.3 Å². The molecule has 5 nitrogen and oxygen atoms in total. The molecule has 0 spiro atoms. The van der Waals surface area contributed by atoms with Crippen LogP contribution in [0.3, 0.4) is 0 Å². The van der Waals surface area contributed by atoms with Crippen LogP contribution in [0.25, 0.3) is 22.4 Å². The monoisotopic (exact) mass is 241 g/mol. The second kappa shape index (κ2) is 3.80. The number of benzene rings is 1. The van der Waals surface area contributed by atoms with Crippen molar-refractivity contribution in [2.75, 3.05) is 0 Å². The zero-order valence-electron chi connectivity index (χ0n) is 10.0. The summed E-state index contributed by atoms with van der Waals surface area (Å²) in [5.74, 6) is 0.479. The minimum absolute atomic E-state index is 0.0301. The molecule has 18 heavy (non-hydrogen) atoms. The van der Waals surface area contributed by atoms with E-state index in [9.17, 15) is 4.79 Å². The maximum Gasteiger partial charge on any atom is 0.196 e. The number of para-hydroxylation sites is 1. The first-order valence-electron chi connectivity index (χ1n) is 5.56. The Morgan fingerprint density at radius 1 is 1.28 bits per heavy atom. The largest absolute Gasteiger partial charge is 0.454 e. The fourth-order valence-corrected chi connectivity index (χ4v) is 1.93. The maximum atomic E-state index is 12.2. The summed E-state index contributed by atoms with van der Waals surface area (Å²) in [6, 6.07) is 7.19. The molecule has 0 N–H and O–H groups in total. The van der Waals surface area contributed by atoms with Gasteiger partial charge in [0, 0.05) is 12.6 Å². The van der Waals surface area contributed by atoms with Crippen molar-refractivity contribution in [2.24, 2.45) is 7.05 Å². The molecule has 0 bridgehead atoms. The van der Waals surface area contributed by atoms with Gasteiger partial charge in [-0.2, -0.15) is 15.0 Å². The van der Waals surface area contributed by atoms with Gasteiger partial charge in [0.15, 0.2) is 11.2 Å². The van der Waals surface area contributed by atoms with E-state index >= 15 is 0 Å². The maximum absolute atomic E-state index is 12.2. The molecule has 90 valence electrons. The predicted molar refractivity (Wildman–Crippen MR) is 67.2 cm³/mol. The van der Waals surface area contributed by atoms with E-state index < -0.39 is 0 Å². The molecule has 0 atom stereocenters. The Bertz CT molecular complexity index is 786. The lowest BCUT2D eigenvalue weighted by atomic mass is 10.1. The number of aromatic nitrogens is 3. The number of aryl methyl sites for hydroxylation is 1. The molecule has 0 saturated carbocycles. The second-order valence-electron chi connectivity index (χ2n) is 4.10. The summed E-state index contributed by atoms with van der Waals surface area (Å²) in [7, 11) is 1.72. The lowest BCUT2D eigenvalue weighted by molar-refractivity contribution is 0.604. The number of nitrogens with zero attached hydrogens (tertiary/aromatic N) is 3. The highest BCUT2D eigenvalue weighted by Crippen LogP contribution is 2.22. The Balaban J connectivity index is 2.37. The SMILES string of the molecule is Cc1c(-c2cnn(C)n2)oc2ccccc2c1=O. The van der Waals surface area contributed by atoms with Crippen molar-refractivity contribution in [1.82, 2.24) is 15.0 Å². The van der Waals surface area contributed by atoms with Crippen LogP contribution in [0.5, 0.6) is 0 Å². The normalized spacial score (nSPS) is 11.0. The topological polar surface area (TPSA) is 60.9 Å². The van der Waals surface area contributed by atoms with Crippen molar-refractivity contribution < 1.29 is 4.42 Å². The third-order valence-electron chi connectivity index (χ3n) is 2.86. The minimum atomic E-state index is -0.0301. The fraction of sp³-hybridized carbons (Fsp3) is 0.154. The molecule has 0 fully saturated rings. The summed E-state index contributed by atoms with van der Waals surface area (Å²) in [5.41, 5.74) is 1.65. The van der Waals surface area contributed by atoms with Crippen LogP contribution < -0.4 is 5.43 Å².